The van der Waals surface area contributed by atoms with E-state index in [9.17, 15) is 9.50 Å². The molecular formula is C13H17FO. The van der Waals surface area contributed by atoms with Crippen molar-refractivity contribution in [3.8, 4) is 0 Å². The number of hydrogen-bond donors (Lipinski definition) is 1. The molecule has 0 bridgehead atoms. The Balaban J connectivity index is 2.44. The molecule has 15 heavy (non-hydrogen) atoms. The zero-order valence-corrected chi connectivity index (χ0v) is 9.09. The van der Waals surface area contributed by atoms with E-state index < -0.39 is 5.60 Å². The molecular weight excluding hydrogens is 191 g/mol. The fourth-order valence-corrected chi connectivity index (χ4v) is 2.52. The molecule has 0 atom stereocenters. The number of hydrogen-bond acceptors (Lipinski definition) is 1. The fourth-order valence-electron chi connectivity index (χ4n) is 2.52. The summed E-state index contributed by atoms with van der Waals surface area (Å²) < 4.78 is 13.2. The first-order valence-electron chi connectivity index (χ1n) is 5.67. The Bertz CT molecular complexity index is 354. The van der Waals surface area contributed by atoms with Crippen LogP contribution in [0, 0.1) is 5.82 Å². The first kappa shape index (κ1) is 10.6. The Morgan fingerprint density at radius 1 is 1.33 bits per heavy atom. The predicted octanol–water partition coefficient (Wildman–Crippen LogP) is 3.15. The Kier molecular flexibility index (Phi) is 2.79. The molecule has 0 amide bonds. The topological polar surface area (TPSA) is 20.2 Å². The lowest BCUT2D eigenvalue weighted by atomic mass is 9.87. The zero-order chi connectivity index (χ0) is 10.9. The fraction of sp³-hybridized carbons (Fsp3) is 0.538. The van der Waals surface area contributed by atoms with Crippen molar-refractivity contribution in [1.29, 1.82) is 0 Å². The van der Waals surface area contributed by atoms with E-state index in [0.717, 1.165) is 43.2 Å². The van der Waals surface area contributed by atoms with Gasteiger partial charge in [0.1, 0.15) is 5.82 Å². The van der Waals surface area contributed by atoms with E-state index in [2.05, 4.69) is 0 Å². The highest BCUT2D eigenvalue weighted by Crippen LogP contribution is 2.40. The molecule has 0 spiro atoms. The summed E-state index contributed by atoms with van der Waals surface area (Å²) in [6.07, 6.45) is 4.46. The maximum Gasteiger partial charge on any atom is 0.123 e. The third-order valence-corrected chi connectivity index (χ3v) is 3.38. The van der Waals surface area contributed by atoms with Crippen LogP contribution in [0.5, 0.6) is 0 Å². The van der Waals surface area contributed by atoms with Crippen LogP contribution in [0.4, 0.5) is 4.39 Å². The van der Waals surface area contributed by atoms with E-state index >= 15 is 0 Å². The van der Waals surface area contributed by atoms with Crippen LogP contribution in [0.15, 0.2) is 18.2 Å². The monoisotopic (exact) mass is 208 g/mol. The summed E-state index contributed by atoms with van der Waals surface area (Å²) in [7, 11) is 0. The second kappa shape index (κ2) is 3.93. The van der Waals surface area contributed by atoms with E-state index in [0.29, 0.717) is 0 Å². The standard InChI is InChI=1S/C13H17FO/c1-2-10-5-6-11(14)9-12(10)13(15)7-3-4-8-13/h5-6,9,15H,2-4,7-8H2,1H3. The normalized spacial score (nSPS) is 19.4. The van der Waals surface area contributed by atoms with Crippen molar-refractivity contribution < 1.29 is 9.50 Å². The molecule has 0 aliphatic heterocycles. The van der Waals surface area contributed by atoms with Crippen molar-refractivity contribution in [2.75, 3.05) is 0 Å². The maximum atomic E-state index is 13.2. The summed E-state index contributed by atoms with van der Waals surface area (Å²) in [5.41, 5.74) is 1.11. The largest absolute Gasteiger partial charge is 0.385 e. The van der Waals surface area contributed by atoms with Crippen LogP contribution in [-0.2, 0) is 12.0 Å². The predicted molar refractivity (Wildman–Crippen MR) is 58.1 cm³/mol. The molecule has 0 unspecified atom stereocenters. The molecule has 82 valence electrons. The van der Waals surface area contributed by atoms with Crippen LogP contribution >= 0.6 is 0 Å². The maximum absolute atomic E-state index is 13.2. The minimum atomic E-state index is -0.770. The quantitative estimate of drug-likeness (QED) is 0.791. The third-order valence-electron chi connectivity index (χ3n) is 3.38. The second-order valence-electron chi connectivity index (χ2n) is 4.39. The summed E-state index contributed by atoms with van der Waals surface area (Å²) in [5, 5.41) is 10.4. The van der Waals surface area contributed by atoms with E-state index in [-0.39, 0.29) is 5.82 Å². The summed E-state index contributed by atoms with van der Waals surface area (Å²) in [5.74, 6) is -0.248. The van der Waals surface area contributed by atoms with Crippen molar-refractivity contribution in [2.45, 2.75) is 44.6 Å². The van der Waals surface area contributed by atoms with Gasteiger partial charge in [-0.2, -0.15) is 0 Å². The summed E-state index contributed by atoms with van der Waals surface area (Å²) in [6, 6.07) is 4.77. The van der Waals surface area contributed by atoms with Crippen molar-refractivity contribution in [2.24, 2.45) is 0 Å². The smallest absolute Gasteiger partial charge is 0.123 e. The summed E-state index contributed by atoms with van der Waals surface area (Å²) >= 11 is 0. The number of aliphatic hydroxyl groups is 1. The van der Waals surface area contributed by atoms with E-state index in [1.165, 1.54) is 12.1 Å². The molecule has 1 saturated carbocycles. The van der Waals surface area contributed by atoms with E-state index in [1.807, 2.05) is 6.92 Å². The van der Waals surface area contributed by atoms with Gasteiger partial charge in [-0.3, -0.25) is 0 Å². The van der Waals surface area contributed by atoms with E-state index in [1.54, 1.807) is 6.07 Å². The number of halogens is 1. The zero-order valence-electron chi connectivity index (χ0n) is 9.09. The van der Waals surface area contributed by atoms with Gasteiger partial charge in [0.25, 0.3) is 0 Å². The van der Waals surface area contributed by atoms with E-state index in [4.69, 9.17) is 0 Å². The first-order valence-corrected chi connectivity index (χ1v) is 5.67. The van der Waals surface area contributed by atoms with Gasteiger partial charge in [0.15, 0.2) is 0 Å². The summed E-state index contributed by atoms with van der Waals surface area (Å²) in [4.78, 5) is 0. The van der Waals surface area contributed by atoms with Crippen LogP contribution in [0.2, 0.25) is 0 Å². The van der Waals surface area contributed by atoms with Gasteiger partial charge in [0.2, 0.25) is 0 Å². The third kappa shape index (κ3) is 1.91. The van der Waals surface area contributed by atoms with Gasteiger partial charge < -0.3 is 5.11 Å². The van der Waals surface area contributed by atoms with Gasteiger partial charge in [0.05, 0.1) is 5.60 Å². The van der Waals surface area contributed by atoms with Crippen molar-refractivity contribution in [1.82, 2.24) is 0 Å². The van der Waals surface area contributed by atoms with Crippen molar-refractivity contribution in [3.05, 3.63) is 35.1 Å². The Morgan fingerprint density at radius 3 is 2.60 bits per heavy atom. The van der Waals surface area contributed by atoms with Gasteiger partial charge in [-0.1, -0.05) is 25.8 Å². The minimum absolute atomic E-state index is 0.248. The second-order valence-corrected chi connectivity index (χ2v) is 4.39. The van der Waals surface area contributed by atoms with Crippen LogP contribution < -0.4 is 0 Å². The molecule has 1 aliphatic rings. The molecule has 0 aromatic heterocycles. The lowest BCUT2D eigenvalue weighted by molar-refractivity contribution is 0.0433. The lowest BCUT2D eigenvalue weighted by Crippen LogP contribution is -2.23. The average molecular weight is 208 g/mol. The molecule has 1 fully saturated rings. The number of rotatable bonds is 2. The molecule has 0 saturated heterocycles. The Labute approximate surface area is 89.9 Å². The highest BCUT2D eigenvalue weighted by atomic mass is 19.1. The van der Waals surface area contributed by atoms with Gasteiger partial charge in [-0.15, -0.1) is 0 Å². The highest BCUT2D eigenvalue weighted by molar-refractivity contribution is 5.33. The molecule has 1 aromatic rings. The van der Waals surface area contributed by atoms with Gasteiger partial charge in [-0.25, -0.2) is 4.39 Å². The number of aryl methyl sites for hydroxylation is 1. The van der Waals surface area contributed by atoms with Crippen LogP contribution in [0.3, 0.4) is 0 Å². The molecule has 2 rings (SSSR count). The minimum Gasteiger partial charge on any atom is -0.385 e. The molecule has 1 aliphatic carbocycles. The molecule has 2 heteroatoms. The van der Waals surface area contributed by atoms with Crippen molar-refractivity contribution in [3.63, 3.8) is 0 Å². The number of benzene rings is 1. The van der Waals surface area contributed by atoms with Crippen molar-refractivity contribution >= 4 is 0 Å². The van der Waals surface area contributed by atoms with Gasteiger partial charge >= 0.3 is 0 Å². The van der Waals surface area contributed by atoms with Crippen LogP contribution in [0.1, 0.15) is 43.7 Å². The van der Waals surface area contributed by atoms with Crippen LogP contribution in [-0.4, -0.2) is 5.11 Å². The van der Waals surface area contributed by atoms with Gasteiger partial charge in [-0.05, 0) is 42.5 Å². The highest BCUT2D eigenvalue weighted by Gasteiger charge is 2.34. The SMILES string of the molecule is CCc1ccc(F)cc1C1(O)CCCC1. The molecule has 1 nitrogen and oxygen atoms in total. The molecule has 0 heterocycles. The Morgan fingerprint density at radius 2 is 2.00 bits per heavy atom. The molecule has 0 radical (unpaired) electrons. The molecule has 1 aromatic carbocycles. The van der Waals surface area contributed by atoms with Gasteiger partial charge in [0, 0.05) is 0 Å². The Hall–Kier alpha value is -0.890. The lowest BCUT2D eigenvalue weighted by Gasteiger charge is -2.25. The summed E-state index contributed by atoms with van der Waals surface area (Å²) in [6.45, 7) is 2.04. The molecule has 1 N–H and O–H groups in total. The van der Waals surface area contributed by atoms with Crippen LogP contribution in [0.25, 0.3) is 0 Å². The first-order chi connectivity index (χ1) is 7.15. The average Bonchev–Trinajstić information content (AvgIpc) is 2.66.